The van der Waals surface area contributed by atoms with Gasteiger partial charge in [0.25, 0.3) is 0 Å². The lowest BCUT2D eigenvalue weighted by molar-refractivity contribution is 0.398. The van der Waals surface area contributed by atoms with E-state index in [1.54, 1.807) is 0 Å². The van der Waals surface area contributed by atoms with Crippen molar-refractivity contribution in [2.45, 2.75) is 45.3 Å². The highest BCUT2D eigenvalue weighted by Crippen LogP contribution is 2.20. The lowest BCUT2D eigenvalue weighted by atomic mass is 10.0. The number of hydrogen-bond donors (Lipinski definition) is 2. The zero-order valence-electron chi connectivity index (χ0n) is 7.20. The molecular weight excluding hydrogens is 124 g/mol. The second-order valence-electron chi connectivity index (χ2n) is 3.68. The van der Waals surface area contributed by atoms with Crippen LogP contribution in [0.5, 0.6) is 0 Å². The summed E-state index contributed by atoms with van der Waals surface area (Å²) in [5, 5.41) is 6.91. The minimum atomic E-state index is 0.354. The zero-order chi connectivity index (χ0) is 7.61. The molecule has 1 fully saturated rings. The van der Waals surface area contributed by atoms with Gasteiger partial charge in [-0.05, 0) is 33.2 Å². The van der Waals surface area contributed by atoms with Crippen molar-refractivity contribution in [2.24, 2.45) is 0 Å². The van der Waals surface area contributed by atoms with Crippen LogP contribution in [0, 0.1) is 0 Å². The molecule has 2 heteroatoms. The van der Waals surface area contributed by atoms with Gasteiger partial charge in [-0.2, -0.15) is 0 Å². The second-order valence-corrected chi connectivity index (χ2v) is 3.68. The molecule has 0 bridgehead atoms. The molecule has 1 aliphatic heterocycles. The van der Waals surface area contributed by atoms with Gasteiger partial charge in [0.05, 0.1) is 6.17 Å². The minimum absolute atomic E-state index is 0.354. The van der Waals surface area contributed by atoms with Crippen LogP contribution in [-0.2, 0) is 0 Å². The van der Waals surface area contributed by atoms with E-state index in [1.165, 1.54) is 12.8 Å². The Hall–Kier alpha value is -0.0800. The Labute approximate surface area is 63.4 Å². The monoisotopic (exact) mass is 142 g/mol. The topological polar surface area (TPSA) is 24.1 Å². The van der Waals surface area contributed by atoms with Crippen LogP contribution in [0.1, 0.15) is 33.6 Å². The first kappa shape index (κ1) is 8.02. The Morgan fingerprint density at radius 1 is 1.60 bits per heavy atom. The van der Waals surface area contributed by atoms with E-state index in [0.29, 0.717) is 11.7 Å². The fourth-order valence-electron chi connectivity index (χ4n) is 1.52. The summed E-state index contributed by atoms with van der Waals surface area (Å²) in [5.41, 5.74) is 0.354. The molecule has 1 atom stereocenters. The van der Waals surface area contributed by atoms with E-state index in [2.05, 4.69) is 31.4 Å². The van der Waals surface area contributed by atoms with Crippen molar-refractivity contribution in [3.05, 3.63) is 0 Å². The molecule has 1 rings (SSSR count). The smallest absolute Gasteiger partial charge is 0.0576 e. The van der Waals surface area contributed by atoms with Crippen molar-refractivity contribution in [1.82, 2.24) is 10.6 Å². The molecule has 0 amide bonds. The molecule has 1 aliphatic rings. The normalized spacial score (nSPS) is 30.9. The molecule has 0 aromatic carbocycles. The van der Waals surface area contributed by atoms with E-state index < -0.39 is 0 Å². The van der Waals surface area contributed by atoms with Gasteiger partial charge in [0.1, 0.15) is 0 Å². The fraction of sp³-hybridized carbons (Fsp3) is 1.00. The number of rotatable bonds is 2. The Morgan fingerprint density at radius 3 is 2.70 bits per heavy atom. The van der Waals surface area contributed by atoms with Crippen LogP contribution in [0.4, 0.5) is 0 Å². The molecule has 0 aliphatic carbocycles. The highest BCUT2D eigenvalue weighted by molar-refractivity contribution is 4.89. The van der Waals surface area contributed by atoms with Crippen molar-refractivity contribution in [1.29, 1.82) is 0 Å². The van der Waals surface area contributed by atoms with Crippen LogP contribution >= 0.6 is 0 Å². The summed E-state index contributed by atoms with van der Waals surface area (Å²) in [4.78, 5) is 0. The van der Waals surface area contributed by atoms with Crippen LogP contribution in [0.3, 0.4) is 0 Å². The van der Waals surface area contributed by atoms with Crippen LogP contribution in [0.15, 0.2) is 0 Å². The second kappa shape index (κ2) is 2.89. The van der Waals surface area contributed by atoms with Gasteiger partial charge in [-0.25, -0.2) is 0 Å². The molecule has 0 aromatic rings. The largest absolute Gasteiger partial charge is 0.302 e. The average molecular weight is 142 g/mol. The van der Waals surface area contributed by atoms with Crippen LogP contribution in [0.25, 0.3) is 0 Å². The van der Waals surface area contributed by atoms with E-state index >= 15 is 0 Å². The van der Waals surface area contributed by atoms with Crippen LogP contribution < -0.4 is 10.6 Å². The summed E-state index contributed by atoms with van der Waals surface area (Å²) in [7, 11) is 0. The number of nitrogens with one attached hydrogen (secondary N) is 2. The first-order valence-electron chi connectivity index (χ1n) is 4.15. The molecule has 0 aromatic heterocycles. The molecule has 10 heavy (non-hydrogen) atoms. The van der Waals surface area contributed by atoms with Crippen LogP contribution in [0.2, 0.25) is 0 Å². The van der Waals surface area contributed by atoms with E-state index in [0.717, 1.165) is 6.54 Å². The lowest BCUT2D eigenvalue weighted by Crippen LogP contribution is -2.44. The van der Waals surface area contributed by atoms with Gasteiger partial charge in [0.2, 0.25) is 0 Å². The predicted molar refractivity (Wildman–Crippen MR) is 43.9 cm³/mol. The Morgan fingerprint density at radius 2 is 2.30 bits per heavy atom. The molecule has 60 valence electrons. The van der Waals surface area contributed by atoms with Gasteiger partial charge in [-0.1, -0.05) is 6.92 Å². The van der Waals surface area contributed by atoms with E-state index in [4.69, 9.17) is 0 Å². The minimum Gasteiger partial charge on any atom is -0.302 e. The third-order valence-corrected chi connectivity index (χ3v) is 2.07. The van der Waals surface area contributed by atoms with Gasteiger partial charge >= 0.3 is 0 Å². The highest BCUT2D eigenvalue weighted by Gasteiger charge is 2.28. The molecule has 0 spiro atoms. The van der Waals surface area contributed by atoms with Crippen molar-refractivity contribution < 1.29 is 0 Å². The SMILES string of the molecule is CCNC1CCC(C)(C)N1. The Bertz CT molecular complexity index is 110. The van der Waals surface area contributed by atoms with Gasteiger partial charge in [0, 0.05) is 5.54 Å². The third-order valence-electron chi connectivity index (χ3n) is 2.07. The van der Waals surface area contributed by atoms with Gasteiger partial charge in [-0.3, -0.25) is 5.32 Å². The molecule has 0 radical (unpaired) electrons. The third kappa shape index (κ3) is 1.96. The van der Waals surface area contributed by atoms with Crippen molar-refractivity contribution in [3.8, 4) is 0 Å². The van der Waals surface area contributed by atoms with Crippen LogP contribution in [-0.4, -0.2) is 18.2 Å². The predicted octanol–water partition coefficient (Wildman–Crippen LogP) is 1.08. The van der Waals surface area contributed by atoms with E-state index in [9.17, 15) is 0 Å². The van der Waals surface area contributed by atoms with Gasteiger partial charge in [-0.15, -0.1) is 0 Å². The summed E-state index contributed by atoms with van der Waals surface area (Å²) in [5.74, 6) is 0. The van der Waals surface area contributed by atoms with E-state index in [1.807, 2.05) is 0 Å². The average Bonchev–Trinajstić information content (AvgIpc) is 2.12. The summed E-state index contributed by atoms with van der Waals surface area (Å²) < 4.78 is 0. The standard InChI is InChI=1S/C8H18N2/c1-4-9-7-5-6-8(2,3)10-7/h7,9-10H,4-6H2,1-3H3. The maximum atomic E-state index is 3.52. The van der Waals surface area contributed by atoms with Gasteiger partial charge in [0.15, 0.2) is 0 Å². The molecular formula is C8H18N2. The molecule has 1 saturated heterocycles. The van der Waals surface area contributed by atoms with Gasteiger partial charge < -0.3 is 5.32 Å². The summed E-state index contributed by atoms with van der Waals surface area (Å²) >= 11 is 0. The quantitative estimate of drug-likeness (QED) is 0.603. The molecule has 2 nitrogen and oxygen atoms in total. The molecule has 1 unspecified atom stereocenters. The maximum absolute atomic E-state index is 3.52. The molecule has 2 N–H and O–H groups in total. The summed E-state index contributed by atoms with van der Waals surface area (Å²) in [6.07, 6.45) is 3.10. The summed E-state index contributed by atoms with van der Waals surface area (Å²) in [6.45, 7) is 7.72. The Kier molecular flexibility index (Phi) is 2.32. The maximum Gasteiger partial charge on any atom is 0.0576 e. The Balaban J connectivity index is 2.29. The number of hydrogen-bond acceptors (Lipinski definition) is 2. The van der Waals surface area contributed by atoms with Crippen molar-refractivity contribution >= 4 is 0 Å². The van der Waals surface area contributed by atoms with E-state index in [-0.39, 0.29) is 0 Å². The highest BCUT2D eigenvalue weighted by atomic mass is 15.2. The first-order chi connectivity index (χ1) is 4.64. The van der Waals surface area contributed by atoms with Crippen molar-refractivity contribution in [3.63, 3.8) is 0 Å². The summed E-state index contributed by atoms with van der Waals surface area (Å²) in [6, 6.07) is 0. The molecule has 1 heterocycles. The molecule has 0 saturated carbocycles. The van der Waals surface area contributed by atoms with Crippen molar-refractivity contribution in [2.75, 3.05) is 6.54 Å². The fourth-order valence-corrected chi connectivity index (χ4v) is 1.52. The first-order valence-corrected chi connectivity index (χ1v) is 4.15. The lowest BCUT2D eigenvalue weighted by Gasteiger charge is -2.20. The zero-order valence-corrected chi connectivity index (χ0v) is 7.20.